The highest BCUT2D eigenvalue weighted by molar-refractivity contribution is 6.68. The molecule has 0 saturated carbocycles. The van der Waals surface area contributed by atoms with Gasteiger partial charge in [-0.1, -0.05) is 25.8 Å². The van der Waals surface area contributed by atoms with E-state index in [0.29, 0.717) is 19.4 Å². The molecular weight excluding hydrogens is 274 g/mol. The third-order valence-corrected chi connectivity index (χ3v) is 4.00. The van der Waals surface area contributed by atoms with Crippen molar-refractivity contribution in [3.05, 3.63) is 11.6 Å². The highest BCUT2D eigenvalue weighted by Crippen LogP contribution is 2.17. The number of allylic oxidation sites excluding steroid dienone is 1. The van der Waals surface area contributed by atoms with Crippen LogP contribution in [0.15, 0.2) is 11.6 Å². The van der Waals surface area contributed by atoms with E-state index in [-0.39, 0.29) is 5.97 Å². The first kappa shape index (κ1) is 17.2. The first-order valence-electron chi connectivity index (χ1n) is 7.81. The fourth-order valence-electron chi connectivity index (χ4n) is 2.39. The summed E-state index contributed by atoms with van der Waals surface area (Å²) in [6, 6.07) is 0. The molecule has 1 aliphatic heterocycles. The molecule has 0 bridgehead atoms. The number of ether oxygens (including phenoxy) is 1. The average molecular weight is 301 g/mol. The van der Waals surface area contributed by atoms with E-state index in [4.69, 9.17) is 16.3 Å². The fraction of sp³-hybridized carbons (Fsp3) is 0.750. The van der Waals surface area contributed by atoms with Crippen molar-refractivity contribution in [1.82, 2.24) is 0 Å². The van der Waals surface area contributed by atoms with Crippen LogP contribution in [0.3, 0.4) is 0 Å². The average Bonchev–Trinajstić information content (AvgIpc) is 2.44. The van der Waals surface area contributed by atoms with Gasteiger partial charge in [0.05, 0.1) is 6.61 Å². The van der Waals surface area contributed by atoms with Crippen LogP contribution < -0.4 is 0 Å². The van der Waals surface area contributed by atoms with E-state index in [9.17, 15) is 4.79 Å². The van der Waals surface area contributed by atoms with Gasteiger partial charge in [0, 0.05) is 24.8 Å². The minimum Gasteiger partial charge on any atom is -0.466 e. The maximum Gasteiger partial charge on any atom is 0.306 e. The zero-order valence-electron chi connectivity index (χ0n) is 12.8. The molecule has 0 fully saturated rings. The van der Waals surface area contributed by atoms with Crippen molar-refractivity contribution in [2.75, 3.05) is 19.7 Å². The number of unbranched alkanes of at least 4 members (excludes halogenated alkanes) is 3. The van der Waals surface area contributed by atoms with Gasteiger partial charge >= 0.3 is 5.97 Å². The Morgan fingerprint density at radius 2 is 2.15 bits per heavy atom. The number of carbonyl (C=O) groups is 1. The van der Waals surface area contributed by atoms with Gasteiger partial charge in [0.1, 0.15) is 13.1 Å². The fourth-order valence-corrected chi connectivity index (χ4v) is 2.74. The number of halogens is 1. The molecule has 0 aromatic carbocycles. The molecule has 1 rings (SSSR count). The number of rotatable bonds is 9. The van der Waals surface area contributed by atoms with E-state index in [2.05, 4.69) is 17.6 Å². The first-order valence-corrected chi connectivity index (χ1v) is 8.19. The van der Waals surface area contributed by atoms with Crippen molar-refractivity contribution in [3.63, 3.8) is 0 Å². The smallest absolute Gasteiger partial charge is 0.306 e. The second kappa shape index (κ2) is 9.98. The molecule has 0 spiro atoms. The molecule has 0 unspecified atom stereocenters. The Labute approximate surface area is 127 Å². The lowest BCUT2D eigenvalue weighted by molar-refractivity contribution is -0.526. The number of hydrogen-bond donors (Lipinski definition) is 0. The molecule has 1 aliphatic rings. The highest BCUT2D eigenvalue weighted by atomic mass is 35.5. The summed E-state index contributed by atoms with van der Waals surface area (Å²) >= 11 is 6.44. The molecule has 0 N–H and O–H groups in total. The van der Waals surface area contributed by atoms with Gasteiger partial charge in [0.15, 0.2) is 0 Å². The zero-order chi connectivity index (χ0) is 14.8. The lowest BCUT2D eigenvalue weighted by Crippen LogP contribution is -2.25. The van der Waals surface area contributed by atoms with Crippen LogP contribution in [0.4, 0.5) is 0 Å². The molecule has 20 heavy (non-hydrogen) atoms. The SMILES string of the molecule is CCCCCC[N+]1=C(Cl)C(CCC(=O)OCC)=CCC1. The van der Waals surface area contributed by atoms with Crippen molar-refractivity contribution in [3.8, 4) is 0 Å². The summed E-state index contributed by atoms with van der Waals surface area (Å²) in [5.41, 5.74) is 1.10. The third-order valence-electron chi connectivity index (χ3n) is 3.52. The van der Waals surface area contributed by atoms with E-state index >= 15 is 0 Å². The molecule has 0 aromatic rings. The molecule has 1 heterocycles. The second-order valence-electron chi connectivity index (χ2n) is 5.16. The van der Waals surface area contributed by atoms with Crippen LogP contribution in [0.25, 0.3) is 0 Å². The number of carbonyl (C=O) groups excluding carboxylic acids is 1. The van der Waals surface area contributed by atoms with Crippen molar-refractivity contribution < 1.29 is 14.1 Å². The maximum absolute atomic E-state index is 11.4. The molecule has 4 heteroatoms. The Balaban J connectivity index is 2.44. The first-order chi connectivity index (χ1) is 9.69. The summed E-state index contributed by atoms with van der Waals surface area (Å²) < 4.78 is 7.20. The van der Waals surface area contributed by atoms with Crippen LogP contribution in [0, 0.1) is 0 Å². The van der Waals surface area contributed by atoms with Crippen molar-refractivity contribution in [2.45, 2.75) is 58.8 Å². The van der Waals surface area contributed by atoms with Crippen LogP contribution >= 0.6 is 11.6 Å². The topological polar surface area (TPSA) is 29.3 Å². The van der Waals surface area contributed by atoms with E-state index in [1.165, 1.54) is 25.7 Å². The standard InChI is InChI=1S/C16H27ClNO2/c1-3-5-6-7-12-18-13-8-9-14(16(18)17)10-11-15(19)20-4-2/h9H,3-8,10-13H2,1-2H3/q+1. The van der Waals surface area contributed by atoms with Crippen LogP contribution in [0.1, 0.15) is 58.8 Å². The molecule has 0 saturated heterocycles. The molecular formula is C16H27ClNO2+. The summed E-state index contributed by atoms with van der Waals surface area (Å²) in [5.74, 6) is -0.141. The predicted octanol–water partition coefficient (Wildman–Crippen LogP) is 3.89. The Kier molecular flexibility index (Phi) is 8.59. The minimum absolute atomic E-state index is 0.141. The van der Waals surface area contributed by atoms with Gasteiger partial charge in [0.2, 0.25) is 0 Å². The van der Waals surface area contributed by atoms with Crippen molar-refractivity contribution in [2.24, 2.45) is 0 Å². The van der Waals surface area contributed by atoms with Gasteiger partial charge in [-0.15, -0.1) is 0 Å². The summed E-state index contributed by atoms with van der Waals surface area (Å²) in [5, 5.41) is 0.831. The lowest BCUT2D eigenvalue weighted by atomic mass is 10.1. The van der Waals surface area contributed by atoms with E-state index in [0.717, 1.165) is 30.3 Å². The van der Waals surface area contributed by atoms with Crippen LogP contribution in [0.2, 0.25) is 0 Å². The highest BCUT2D eigenvalue weighted by Gasteiger charge is 2.21. The van der Waals surface area contributed by atoms with Crippen molar-refractivity contribution >= 4 is 22.7 Å². The van der Waals surface area contributed by atoms with E-state index in [1.807, 2.05) is 6.92 Å². The Hall–Kier alpha value is -0.830. The van der Waals surface area contributed by atoms with Crippen LogP contribution in [-0.4, -0.2) is 35.4 Å². The molecule has 114 valence electrons. The number of esters is 1. The third kappa shape index (κ3) is 6.08. The number of nitrogens with zero attached hydrogens (tertiary/aromatic N) is 1. The van der Waals surface area contributed by atoms with Gasteiger partial charge in [-0.3, -0.25) is 4.79 Å². The summed E-state index contributed by atoms with van der Waals surface area (Å²) in [6.07, 6.45) is 9.27. The molecule has 3 nitrogen and oxygen atoms in total. The Bertz CT molecular complexity index is 375. The minimum atomic E-state index is -0.141. The summed E-state index contributed by atoms with van der Waals surface area (Å²) in [4.78, 5) is 11.4. The molecule has 0 radical (unpaired) electrons. The van der Waals surface area contributed by atoms with E-state index in [1.54, 1.807) is 0 Å². The Morgan fingerprint density at radius 3 is 2.85 bits per heavy atom. The van der Waals surface area contributed by atoms with Crippen LogP contribution in [-0.2, 0) is 9.53 Å². The van der Waals surface area contributed by atoms with E-state index < -0.39 is 0 Å². The predicted molar refractivity (Wildman–Crippen MR) is 83.6 cm³/mol. The number of hydrogen-bond acceptors (Lipinski definition) is 2. The monoisotopic (exact) mass is 300 g/mol. The van der Waals surface area contributed by atoms with Crippen LogP contribution in [0.5, 0.6) is 0 Å². The normalized spacial score (nSPS) is 15.2. The van der Waals surface area contributed by atoms with Gasteiger partial charge < -0.3 is 4.74 Å². The van der Waals surface area contributed by atoms with Gasteiger partial charge in [-0.05, 0) is 31.4 Å². The molecule has 0 aromatic heterocycles. The lowest BCUT2D eigenvalue weighted by Gasteiger charge is -2.13. The van der Waals surface area contributed by atoms with Gasteiger partial charge in [0.25, 0.3) is 5.17 Å². The zero-order valence-corrected chi connectivity index (χ0v) is 13.5. The van der Waals surface area contributed by atoms with Crippen molar-refractivity contribution in [1.29, 1.82) is 0 Å². The summed E-state index contributed by atoms with van der Waals surface area (Å²) in [7, 11) is 0. The van der Waals surface area contributed by atoms with Gasteiger partial charge in [-0.25, -0.2) is 4.58 Å². The second-order valence-corrected chi connectivity index (χ2v) is 5.52. The summed E-state index contributed by atoms with van der Waals surface area (Å²) in [6.45, 7) is 6.51. The molecule has 0 amide bonds. The van der Waals surface area contributed by atoms with Gasteiger partial charge in [-0.2, -0.15) is 0 Å². The molecule has 0 aliphatic carbocycles. The Morgan fingerprint density at radius 1 is 1.35 bits per heavy atom. The quantitative estimate of drug-likeness (QED) is 0.367. The largest absolute Gasteiger partial charge is 0.466 e. The maximum atomic E-state index is 11.4. The molecule has 0 atom stereocenters.